The van der Waals surface area contributed by atoms with E-state index < -0.39 is 24.2 Å². The first-order chi connectivity index (χ1) is 14.1. The third kappa shape index (κ3) is 10.2. The lowest BCUT2D eigenvalue weighted by Crippen LogP contribution is -2.44. The van der Waals surface area contributed by atoms with Crippen molar-refractivity contribution >= 4 is 17.8 Å². The second kappa shape index (κ2) is 12.2. The Morgan fingerprint density at radius 3 is 1.90 bits per heavy atom. The van der Waals surface area contributed by atoms with Gasteiger partial charge in [0.2, 0.25) is 5.91 Å². The molecular weight excluding hydrogens is 405 g/mol. The Kier molecular flexibility index (Phi) is 10.0. The number of carbonyl (C=O) groups is 3. The Balaban J connectivity index is 0.000000553. The molecule has 2 aromatic rings. The molecule has 4 N–H and O–H groups in total. The smallest absolute Gasteiger partial charge is 0.475 e. The van der Waals surface area contributed by atoms with Gasteiger partial charge in [0.05, 0.1) is 6.04 Å². The van der Waals surface area contributed by atoms with Crippen LogP contribution in [0.3, 0.4) is 0 Å². The Morgan fingerprint density at radius 1 is 0.967 bits per heavy atom. The molecule has 0 fully saturated rings. The van der Waals surface area contributed by atoms with E-state index >= 15 is 0 Å². The first-order valence-corrected chi connectivity index (χ1v) is 8.66. The average Bonchev–Trinajstić information content (AvgIpc) is 2.71. The number of aliphatic carboxylic acids is 1. The van der Waals surface area contributed by atoms with Crippen molar-refractivity contribution in [2.75, 3.05) is 6.54 Å². The maximum Gasteiger partial charge on any atom is 0.490 e. The standard InChI is InChI=1S/C18H20N2O3.C2HF3O2/c19-16(11-14-7-3-1-4-8-14)18(22)20-12-17(21)23-13-15-9-5-2-6-10-15;3-2(4,5)1(6)7/h1-10,16H,11-13,19H2,(H,20,22);(H,6,7). The number of hydrogen-bond donors (Lipinski definition) is 3. The highest BCUT2D eigenvalue weighted by Crippen LogP contribution is 2.13. The van der Waals surface area contributed by atoms with Crippen LogP contribution < -0.4 is 11.1 Å². The van der Waals surface area contributed by atoms with E-state index in [1.54, 1.807) is 0 Å². The van der Waals surface area contributed by atoms with E-state index in [1.165, 1.54) is 0 Å². The number of halogens is 3. The van der Waals surface area contributed by atoms with Crippen LogP contribution in [0.2, 0.25) is 0 Å². The highest BCUT2D eigenvalue weighted by molar-refractivity contribution is 5.85. The number of nitrogens with two attached hydrogens (primary N) is 1. The van der Waals surface area contributed by atoms with Gasteiger partial charge in [-0.05, 0) is 17.5 Å². The lowest BCUT2D eigenvalue weighted by Gasteiger charge is -2.12. The highest BCUT2D eigenvalue weighted by Gasteiger charge is 2.38. The first-order valence-electron chi connectivity index (χ1n) is 8.66. The predicted octanol–water partition coefficient (Wildman–Crippen LogP) is 2.05. The highest BCUT2D eigenvalue weighted by atomic mass is 19.4. The fourth-order valence-corrected chi connectivity index (χ4v) is 2.04. The summed E-state index contributed by atoms with van der Waals surface area (Å²) >= 11 is 0. The van der Waals surface area contributed by atoms with Crippen molar-refractivity contribution in [1.82, 2.24) is 5.32 Å². The molecule has 162 valence electrons. The second-order valence-electron chi connectivity index (χ2n) is 5.96. The van der Waals surface area contributed by atoms with Gasteiger partial charge in [0.1, 0.15) is 13.2 Å². The predicted molar refractivity (Wildman–Crippen MR) is 101 cm³/mol. The number of benzene rings is 2. The van der Waals surface area contributed by atoms with E-state index in [9.17, 15) is 22.8 Å². The molecule has 1 unspecified atom stereocenters. The zero-order valence-corrected chi connectivity index (χ0v) is 15.8. The number of carboxylic acid groups (broad SMARTS) is 1. The van der Waals surface area contributed by atoms with Crippen molar-refractivity contribution in [2.24, 2.45) is 5.73 Å². The topological polar surface area (TPSA) is 119 Å². The van der Waals surface area contributed by atoms with Crippen LogP contribution in [0.25, 0.3) is 0 Å². The lowest BCUT2D eigenvalue weighted by molar-refractivity contribution is -0.192. The van der Waals surface area contributed by atoms with E-state index in [0.717, 1.165) is 11.1 Å². The number of hydrogen-bond acceptors (Lipinski definition) is 5. The monoisotopic (exact) mass is 426 g/mol. The molecule has 1 atom stereocenters. The summed E-state index contributed by atoms with van der Waals surface area (Å²) in [7, 11) is 0. The van der Waals surface area contributed by atoms with E-state index in [1.807, 2.05) is 60.7 Å². The van der Waals surface area contributed by atoms with Crippen LogP contribution in [0.1, 0.15) is 11.1 Å². The summed E-state index contributed by atoms with van der Waals surface area (Å²) in [5, 5.41) is 9.63. The molecule has 7 nitrogen and oxygen atoms in total. The molecule has 0 aromatic heterocycles. The zero-order valence-electron chi connectivity index (χ0n) is 15.8. The van der Waals surface area contributed by atoms with Gasteiger partial charge in [0.25, 0.3) is 0 Å². The SMILES string of the molecule is NC(Cc1ccccc1)C(=O)NCC(=O)OCc1ccccc1.O=C(O)C(F)(F)F. The van der Waals surface area contributed by atoms with Gasteiger partial charge < -0.3 is 20.9 Å². The van der Waals surface area contributed by atoms with Gasteiger partial charge in [-0.15, -0.1) is 0 Å². The molecular formula is C20H21F3N2O5. The molecule has 10 heteroatoms. The largest absolute Gasteiger partial charge is 0.490 e. The van der Waals surface area contributed by atoms with Gasteiger partial charge in [0, 0.05) is 0 Å². The summed E-state index contributed by atoms with van der Waals surface area (Å²) in [5.74, 6) is -3.62. The van der Waals surface area contributed by atoms with Gasteiger partial charge in [-0.25, -0.2) is 4.79 Å². The minimum atomic E-state index is -5.08. The molecule has 0 saturated heterocycles. The normalized spacial score (nSPS) is 11.5. The maximum atomic E-state index is 11.9. The van der Waals surface area contributed by atoms with Crippen LogP contribution in [0, 0.1) is 0 Å². The van der Waals surface area contributed by atoms with Crippen LogP contribution in [0.4, 0.5) is 13.2 Å². The third-order valence-corrected chi connectivity index (χ3v) is 3.53. The van der Waals surface area contributed by atoms with Crippen LogP contribution in [0.15, 0.2) is 60.7 Å². The Hall–Kier alpha value is -3.40. The van der Waals surface area contributed by atoms with Crippen LogP contribution in [-0.4, -0.2) is 41.7 Å². The summed E-state index contributed by atoms with van der Waals surface area (Å²) in [6.45, 7) is -0.000229. The van der Waals surface area contributed by atoms with Crippen molar-refractivity contribution in [3.05, 3.63) is 71.8 Å². The minimum Gasteiger partial charge on any atom is -0.475 e. The molecule has 0 heterocycles. The van der Waals surface area contributed by atoms with Crippen molar-refractivity contribution in [3.8, 4) is 0 Å². The Bertz CT molecular complexity index is 814. The minimum absolute atomic E-state index is 0.186. The van der Waals surface area contributed by atoms with E-state index in [4.69, 9.17) is 20.4 Å². The number of rotatable bonds is 7. The molecule has 0 saturated carbocycles. The van der Waals surface area contributed by atoms with Gasteiger partial charge in [-0.1, -0.05) is 60.7 Å². The number of ether oxygens (including phenoxy) is 1. The van der Waals surface area contributed by atoms with Gasteiger partial charge in [-0.2, -0.15) is 13.2 Å². The van der Waals surface area contributed by atoms with E-state index in [-0.39, 0.29) is 19.1 Å². The third-order valence-electron chi connectivity index (χ3n) is 3.53. The average molecular weight is 426 g/mol. The van der Waals surface area contributed by atoms with E-state index in [0.29, 0.717) is 6.42 Å². The molecule has 2 rings (SSSR count). The van der Waals surface area contributed by atoms with Crippen molar-refractivity contribution in [1.29, 1.82) is 0 Å². The van der Waals surface area contributed by atoms with E-state index in [2.05, 4.69) is 5.32 Å². The Labute approximate surface area is 170 Å². The zero-order chi connectivity index (χ0) is 22.6. The number of alkyl halides is 3. The van der Waals surface area contributed by atoms with Gasteiger partial charge in [0.15, 0.2) is 0 Å². The lowest BCUT2D eigenvalue weighted by atomic mass is 10.1. The fraction of sp³-hybridized carbons (Fsp3) is 0.250. The van der Waals surface area contributed by atoms with Crippen molar-refractivity contribution in [2.45, 2.75) is 25.2 Å². The molecule has 0 aliphatic rings. The number of carboxylic acids is 1. The molecule has 0 spiro atoms. The molecule has 0 bridgehead atoms. The van der Waals surface area contributed by atoms with Crippen molar-refractivity contribution in [3.63, 3.8) is 0 Å². The number of amides is 1. The number of nitrogens with one attached hydrogen (secondary N) is 1. The molecule has 0 aliphatic heterocycles. The summed E-state index contributed by atoms with van der Waals surface area (Å²) in [4.78, 5) is 32.4. The maximum absolute atomic E-state index is 11.9. The van der Waals surface area contributed by atoms with Gasteiger partial charge >= 0.3 is 18.1 Å². The summed E-state index contributed by atoms with van der Waals surface area (Å²) in [6.07, 6.45) is -4.66. The fourth-order valence-electron chi connectivity index (χ4n) is 2.04. The molecule has 0 radical (unpaired) electrons. The van der Waals surface area contributed by atoms with Crippen molar-refractivity contribution < 1.29 is 37.4 Å². The Morgan fingerprint density at radius 2 is 1.43 bits per heavy atom. The summed E-state index contributed by atoms with van der Waals surface area (Å²) in [5.41, 5.74) is 7.71. The molecule has 2 aromatic carbocycles. The van der Waals surface area contributed by atoms with Gasteiger partial charge in [-0.3, -0.25) is 9.59 Å². The summed E-state index contributed by atoms with van der Waals surface area (Å²) in [6, 6.07) is 18.1. The van der Waals surface area contributed by atoms with Crippen LogP contribution in [0.5, 0.6) is 0 Å². The quantitative estimate of drug-likeness (QED) is 0.583. The number of esters is 1. The summed E-state index contributed by atoms with van der Waals surface area (Å²) < 4.78 is 36.8. The first kappa shape index (κ1) is 24.6. The molecule has 1 amide bonds. The van der Waals surface area contributed by atoms with Crippen LogP contribution >= 0.6 is 0 Å². The number of carbonyl (C=O) groups excluding carboxylic acids is 2. The van der Waals surface area contributed by atoms with Crippen LogP contribution in [-0.2, 0) is 32.1 Å². The molecule has 0 aliphatic carbocycles. The second-order valence-corrected chi connectivity index (χ2v) is 5.96. The molecule has 30 heavy (non-hydrogen) atoms.